The van der Waals surface area contributed by atoms with Crippen molar-refractivity contribution in [2.75, 3.05) is 6.26 Å². The van der Waals surface area contributed by atoms with Gasteiger partial charge in [0.15, 0.2) is 5.82 Å². The smallest absolute Gasteiger partial charge is 0.208 e. The zero-order valence-electron chi connectivity index (χ0n) is 8.31. The standard InChI is InChI=1S/C9H9ClN4S/c1-6-11-9(15-2)13-14(6)8-5-3-4-7(10)12-8/h3-5H,1-2H3. The highest BCUT2D eigenvalue weighted by Crippen LogP contribution is 2.14. The van der Waals surface area contributed by atoms with Crippen LogP contribution in [0, 0.1) is 6.92 Å². The molecule has 0 radical (unpaired) electrons. The van der Waals surface area contributed by atoms with E-state index < -0.39 is 0 Å². The van der Waals surface area contributed by atoms with E-state index in [1.54, 1.807) is 10.7 Å². The molecule has 6 heteroatoms. The first-order valence-corrected chi connectivity index (χ1v) is 5.91. The number of aryl methyl sites for hydroxylation is 1. The van der Waals surface area contributed by atoms with Crippen LogP contribution in [0.5, 0.6) is 0 Å². The van der Waals surface area contributed by atoms with Crippen molar-refractivity contribution < 1.29 is 0 Å². The van der Waals surface area contributed by atoms with E-state index in [0.29, 0.717) is 11.0 Å². The molecule has 4 nitrogen and oxygen atoms in total. The molecular formula is C9H9ClN4S. The van der Waals surface area contributed by atoms with Crippen molar-refractivity contribution in [3.05, 3.63) is 29.2 Å². The minimum atomic E-state index is 0.452. The summed E-state index contributed by atoms with van der Waals surface area (Å²) in [7, 11) is 0. The number of rotatable bonds is 2. The fourth-order valence-corrected chi connectivity index (χ4v) is 1.73. The van der Waals surface area contributed by atoms with Crippen LogP contribution in [0.15, 0.2) is 23.4 Å². The largest absolute Gasteiger partial charge is 0.217 e. The maximum absolute atomic E-state index is 5.81. The summed E-state index contributed by atoms with van der Waals surface area (Å²) >= 11 is 7.31. The van der Waals surface area contributed by atoms with Gasteiger partial charge in [0.1, 0.15) is 11.0 Å². The van der Waals surface area contributed by atoms with Crippen molar-refractivity contribution in [3.8, 4) is 5.82 Å². The van der Waals surface area contributed by atoms with E-state index in [9.17, 15) is 0 Å². The van der Waals surface area contributed by atoms with Gasteiger partial charge in [-0.05, 0) is 25.3 Å². The molecule has 0 fully saturated rings. The third-order valence-electron chi connectivity index (χ3n) is 1.85. The second kappa shape index (κ2) is 4.20. The fourth-order valence-electron chi connectivity index (χ4n) is 1.19. The van der Waals surface area contributed by atoms with E-state index in [-0.39, 0.29) is 0 Å². The Hall–Kier alpha value is -1.07. The number of hydrogen-bond donors (Lipinski definition) is 0. The molecule has 0 unspecified atom stereocenters. The Bertz CT molecular complexity index is 483. The van der Waals surface area contributed by atoms with Gasteiger partial charge in [-0.25, -0.2) is 9.97 Å². The predicted octanol–water partition coefficient (Wildman–Crippen LogP) is 2.35. The highest BCUT2D eigenvalue weighted by Gasteiger charge is 2.07. The van der Waals surface area contributed by atoms with Crippen LogP contribution in [-0.2, 0) is 0 Å². The Morgan fingerprint density at radius 3 is 2.73 bits per heavy atom. The Balaban J connectivity index is 2.48. The number of nitrogens with zero attached hydrogens (tertiary/aromatic N) is 4. The first kappa shape index (κ1) is 10.4. The summed E-state index contributed by atoms with van der Waals surface area (Å²) in [4.78, 5) is 8.44. The molecule has 2 heterocycles. The Kier molecular flexibility index (Phi) is 2.93. The molecule has 0 atom stereocenters. The first-order chi connectivity index (χ1) is 7.20. The van der Waals surface area contributed by atoms with E-state index in [1.807, 2.05) is 25.3 Å². The van der Waals surface area contributed by atoms with Crippen LogP contribution in [0.2, 0.25) is 5.15 Å². The highest BCUT2D eigenvalue weighted by atomic mass is 35.5. The fraction of sp³-hybridized carbons (Fsp3) is 0.222. The van der Waals surface area contributed by atoms with Crippen molar-refractivity contribution in [3.63, 3.8) is 0 Å². The summed E-state index contributed by atoms with van der Waals surface area (Å²) in [5, 5.41) is 5.47. The van der Waals surface area contributed by atoms with Crippen LogP contribution >= 0.6 is 23.4 Å². The molecule has 0 amide bonds. The number of pyridine rings is 1. The van der Waals surface area contributed by atoms with E-state index >= 15 is 0 Å². The van der Waals surface area contributed by atoms with Gasteiger partial charge in [0.25, 0.3) is 0 Å². The van der Waals surface area contributed by atoms with Gasteiger partial charge >= 0.3 is 0 Å². The van der Waals surface area contributed by atoms with Crippen LogP contribution in [0.4, 0.5) is 0 Å². The minimum Gasteiger partial charge on any atom is -0.217 e. The molecule has 0 spiro atoms. The quantitative estimate of drug-likeness (QED) is 0.597. The molecule has 15 heavy (non-hydrogen) atoms. The summed E-state index contributed by atoms with van der Waals surface area (Å²) in [6.45, 7) is 1.88. The van der Waals surface area contributed by atoms with Crippen LogP contribution in [0.3, 0.4) is 0 Å². The van der Waals surface area contributed by atoms with E-state index in [1.165, 1.54) is 11.8 Å². The second-order valence-corrected chi connectivity index (χ2v) is 4.04. The third-order valence-corrected chi connectivity index (χ3v) is 2.60. The summed E-state index contributed by atoms with van der Waals surface area (Å²) in [6.07, 6.45) is 1.94. The van der Waals surface area contributed by atoms with Crippen molar-refractivity contribution >= 4 is 23.4 Å². The van der Waals surface area contributed by atoms with E-state index in [2.05, 4.69) is 15.1 Å². The Morgan fingerprint density at radius 2 is 2.13 bits per heavy atom. The van der Waals surface area contributed by atoms with Crippen LogP contribution in [0.1, 0.15) is 5.82 Å². The molecule has 78 valence electrons. The van der Waals surface area contributed by atoms with Crippen molar-refractivity contribution in [1.29, 1.82) is 0 Å². The lowest BCUT2D eigenvalue weighted by molar-refractivity contribution is 0.789. The lowest BCUT2D eigenvalue weighted by Gasteiger charge is -2.00. The predicted molar refractivity (Wildman–Crippen MR) is 60.7 cm³/mol. The lowest BCUT2D eigenvalue weighted by Crippen LogP contribution is -2.01. The molecule has 0 bridgehead atoms. The normalized spacial score (nSPS) is 10.6. The van der Waals surface area contributed by atoms with Gasteiger partial charge in [0, 0.05) is 0 Å². The van der Waals surface area contributed by atoms with Crippen LogP contribution in [0.25, 0.3) is 5.82 Å². The van der Waals surface area contributed by atoms with Gasteiger partial charge in [0.2, 0.25) is 5.16 Å². The first-order valence-electron chi connectivity index (χ1n) is 4.31. The third kappa shape index (κ3) is 2.13. The molecule has 0 aliphatic heterocycles. The summed E-state index contributed by atoms with van der Waals surface area (Å²) in [6, 6.07) is 5.41. The number of aromatic nitrogens is 4. The zero-order valence-corrected chi connectivity index (χ0v) is 9.88. The molecule has 0 saturated heterocycles. The molecule has 0 N–H and O–H groups in total. The SMILES string of the molecule is CSc1nc(C)n(-c2cccc(Cl)n2)n1. The average molecular weight is 241 g/mol. The van der Waals surface area contributed by atoms with Gasteiger partial charge in [-0.3, -0.25) is 0 Å². The number of thioether (sulfide) groups is 1. The topological polar surface area (TPSA) is 43.6 Å². The Morgan fingerprint density at radius 1 is 1.33 bits per heavy atom. The summed E-state index contributed by atoms with van der Waals surface area (Å²) in [5.74, 6) is 1.49. The number of halogens is 1. The maximum atomic E-state index is 5.81. The van der Waals surface area contributed by atoms with Gasteiger partial charge in [0.05, 0.1) is 0 Å². The molecular weight excluding hydrogens is 232 g/mol. The molecule has 0 saturated carbocycles. The van der Waals surface area contributed by atoms with Crippen molar-refractivity contribution in [1.82, 2.24) is 19.7 Å². The van der Waals surface area contributed by atoms with Crippen molar-refractivity contribution in [2.45, 2.75) is 12.1 Å². The van der Waals surface area contributed by atoms with E-state index in [4.69, 9.17) is 11.6 Å². The van der Waals surface area contributed by atoms with Crippen LogP contribution < -0.4 is 0 Å². The monoisotopic (exact) mass is 240 g/mol. The van der Waals surface area contributed by atoms with Crippen molar-refractivity contribution in [2.24, 2.45) is 0 Å². The molecule has 0 aromatic carbocycles. The summed E-state index contributed by atoms with van der Waals surface area (Å²) < 4.78 is 1.68. The van der Waals surface area contributed by atoms with Gasteiger partial charge in [-0.2, -0.15) is 4.68 Å². The molecule has 0 aliphatic carbocycles. The Labute approximate surface area is 96.7 Å². The average Bonchev–Trinajstić information content (AvgIpc) is 2.60. The highest BCUT2D eigenvalue weighted by molar-refractivity contribution is 7.98. The minimum absolute atomic E-state index is 0.452. The lowest BCUT2D eigenvalue weighted by atomic mass is 10.4. The zero-order chi connectivity index (χ0) is 10.8. The molecule has 0 aliphatic rings. The maximum Gasteiger partial charge on any atom is 0.208 e. The van der Waals surface area contributed by atoms with Gasteiger partial charge in [-0.1, -0.05) is 29.4 Å². The van der Waals surface area contributed by atoms with E-state index in [0.717, 1.165) is 11.0 Å². The second-order valence-electron chi connectivity index (χ2n) is 2.88. The molecule has 2 rings (SSSR count). The molecule has 2 aromatic heterocycles. The van der Waals surface area contributed by atoms with Crippen LogP contribution in [-0.4, -0.2) is 26.0 Å². The number of hydrogen-bond acceptors (Lipinski definition) is 4. The summed E-state index contributed by atoms with van der Waals surface area (Å²) in [5.41, 5.74) is 0. The van der Waals surface area contributed by atoms with Gasteiger partial charge < -0.3 is 0 Å². The molecule has 2 aromatic rings. The van der Waals surface area contributed by atoms with Gasteiger partial charge in [-0.15, -0.1) is 5.10 Å².